The summed E-state index contributed by atoms with van der Waals surface area (Å²) in [4.78, 5) is 17.4. The molecule has 4 rings (SSSR count). The average Bonchev–Trinajstić information content (AvgIpc) is 3.13. The van der Waals surface area contributed by atoms with E-state index in [9.17, 15) is 4.79 Å². The smallest absolute Gasteiger partial charge is 0.257 e. The minimum atomic E-state index is 0.126. The maximum absolute atomic E-state index is 13.0. The first-order valence-electron chi connectivity index (χ1n) is 10.9. The molecule has 0 atom stereocenters. The van der Waals surface area contributed by atoms with E-state index >= 15 is 0 Å². The summed E-state index contributed by atoms with van der Waals surface area (Å²) in [5.74, 6) is 2.46. The molecule has 1 amide bonds. The van der Waals surface area contributed by atoms with Crippen LogP contribution in [0.4, 0.5) is 0 Å². The van der Waals surface area contributed by atoms with Crippen LogP contribution in [0.3, 0.4) is 0 Å². The molecule has 1 aromatic heterocycles. The number of carbonyl (C=O) groups is 1. The molecule has 0 bridgehead atoms. The Labute approximate surface area is 173 Å². The number of carbonyl (C=O) groups excluding carboxylic acids is 1. The molecule has 0 N–H and O–H groups in total. The molecule has 1 aromatic carbocycles. The van der Waals surface area contributed by atoms with Crippen molar-refractivity contribution in [3.05, 3.63) is 59.0 Å². The highest BCUT2D eigenvalue weighted by atomic mass is 16.5. The van der Waals surface area contributed by atoms with Crippen LogP contribution in [0.1, 0.15) is 46.7 Å². The maximum Gasteiger partial charge on any atom is 0.257 e. The quantitative estimate of drug-likeness (QED) is 0.743. The Morgan fingerprint density at radius 2 is 1.79 bits per heavy atom. The van der Waals surface area contributed by atoms with Gasteiger partial charge in [-0.3, -0.25) is 9.69 Å². The third kappa shape index (κ3) is 5.28. The summed E-state index contributed by atoms with van der Waals surface area (Å²) in [6, 6.07) is 12.6. The number of amides is 1. The van der Waals surface area contributed by atoms with Gasteiger partial charge in [0, 0.05) is 26.2 Å². The largest absolute Gasteiger partial charge is 0.464 e. The third-order valence-electron chi connectivity index (χ3n) is 6.27. The molecule has 2 aliphatic rings. The van der Waals surface area contributed by atoms with Crippen LogP contribution < -0.4 is 0 Å². The molecule has 2 aliphatic heterocycles. The fourth-order valence-corrected chi connectivity index (χ4v) is 4.42. The summed E-state index contributed by atoms with van der Waals surface area (Å²) in [7, 11) is 0. The second kappa shape index (κ2) is 9.59. The molecule has 0 radical (unpaired) electrons. The number of morpholine rings is 1. The van der Waals surface area contributed by atoms with Crippen LogP contribution in [-0.4, -0.2) is 55.1 Å². The van der Waals surface area contributed by atoms with E-state index in [0.29, 0.717) is 5.92 Å². The fraction of sp³-hybridized carbons (Fsp3) is 0.542. The van der Waals surface area contributed by atoms with Crippen LogP contribution >= 0.6 is 0 Å². The third-order valence-corrected chi connectivity index (χ3v) is 6.27. The average molecular weight is 397 g/mol. The Hall–Kier alpha value is -2.11. The predicted octanol–water partition coefficient (Wildman–Crippen LogP) is 3.91. The van der Waals surface area contributed by atoms with Crippen molar-refractivity contribution >= 4 is 5.91 Å². The molecular formula is C24H32N2O3. The lowest BCUT2D eigenvalue weighted by Crippen LogP contribution is -2.38. The van der Waals surface area contributed by atoms with E-state index < -0.39 is 0 Å². The normalized spacial score (nSPS) is 18.9. The summed E-state index contributed by atoms with van der Waals surface area (Å²) in [5, 5.41) is 0. The van der Waals surface area contributed by atoms with E-state index in [1.807, 2.05) is 17.9 Å². The number of furan rings is 1. The van der Waals surface area contributed by atoms with Crippen LogP contribution in [0.25, 0.3) is 0 Å². The van der Waals surface area contributed by atoms with Gasteiger partial charge in [0.25, 0.3) is 5.91 Å². The predicted molar refractivity (Wildman–Crippen MR) is 113 cm³/mol. The van der Waals surface area contributed by atoms with E-state index in [0.717, 1.165) is 82.3 Å². The number of piperidine rings is 1. The molecule has 5 nitrogen and oxygen atoms in total. The number of aryl methyl sites for hydroxylation is 2. The van der Waals surface area contributed by atoms with E-state index in [1.165, 1.54) is 12.0 Å². The zero-order valence-electron chi connectivity index (χ0n) is 17.4. The SMILES string of the molecule is Cc1oc(CN2CCOCC2)cc1C(=O)N1CCC(CCc2ccccc2)CC1. The number of benzene rings is 1. The molecule has 0 aliphatic carbocycles. The standard InChI is InChI=1S/C24H32N2O3/c1-19-23(17-22(29-19)18-25-13-15-28-16-14-25)24(27)26-11-9-21(10-12-26)8-7-20-5-3-2-4-6-20/h2-6,17,21H,7-16,18H2,1H3. The molecule has 2 saturated heterocycles. The lowest BCUT2D eigenvalue weighted by atomic mass is 9.90. The number of hydrogen-bond donors (Lipinski definition) is 0. The lowest BCUT2D eigenvalue weighted by molar-refractivity contribution is 0.0312. The second-order valence-electron chi connectivity index (χ2n) is 8.33. The van der Waals surface area contributed by atoms with Gasteiger partial charge in [-0.1, -0.05) is 30.3 Å². The monoisotopic (exact) mass is 396 g/mol. The van der Waals surface area contributed by atoms with Crippen LogP contribution in [0.2, 0.25) is 0 Å². The zero-order valence-corrected chi connectivity index (χ0v) is 17.4. The van der Waals surface area contributed by atoms with Crippen molar-refractivity contribution in [1.29, 1.82) is 0 Å². The Balaban J connectivity index is 1.28. The molecule has 0 unspecified atom stereocenters. The molecule has 2 aromatic rings. The van der Waals surface area contributed by atoms with E-state index in [2.05, 4.69) is 35.2 Å². The van der Waals surface area contributed by atoms with Crippen LogP contribution in [0.15, 0.2) is 40.8 Å². The molecule has 3 heterocycles. The van der Waals surface area contributed by atoms with Gasteiger partial charge in [-0.2, -0.15) is 0 Å². The van der Waals surface area contributed by atoms with Gasteiger partial charge in [0.2, 0.25) is 0 Å². The van der Waals surface area contributed by atoms with Crippen molar-refractivity contribution in [3.8, 4) is 0 Å². The van der Waals surface area contributed by atoms with Crippen LogP contribution in [0.5, 0.6) is 0 Å². The van der Waals surface area contributed by atoms with Crippen molar-refractivity contribution in [3.63, 3.8) is 0 Å². The minimum Gasteiger partial charge on any atom is -0.464 e. The first-order valence-corrected chi connectivity index (χ1v) is 10.9. The second-order valence-corrected chi connectivity index (χ2v) is 8.33. The van der Waals surface area contributed by atoms with Gasteiger partial charge < -0.3 is 14.1 Å². The Kier molecular flexibility index (Phi) is 6.67. The van der Waals surface area contributed by atoms with Crippen molar-refractivity contribution in [2.45, 2.75) is 39.2 Å². The Morgan fingerprint density at radius 1 is 1.07 bits per heavy atom. The van der Waals surface area contributed by atoms with Gasteiger partial charge >= 0.3 is 0 Å². The Bertz CT molecular complexity index is 788. The van der Waals surface area contributed by atoms with Crippen LogP contribution in [0, 0.1) is 12.8 Å². The Morgan fingerprint density at radius 3 is 2.52 bits per heavy atom. The van der Waals surface area contributed by atoms with Crippen molar-refractivity contribution in [1.82, 2.24) is 9.80 Å². The van der Waals surface area contributed by atoms with Gasteiger partial charge in [0.1, 0.15) is 11.5 Å². The highest BCUT2D eigenvalue weighted by Crippen LogP contribution is 2.25. The first kappa shape index (κ1) is 20.2. The van der Waals surface area contributed by atoms with Gasteiger partial charge in [-0.15, -0.1) is 0 Å². The topological polar surface area (TPSA) is 45.9 Å². The van der Waals surface area contributed by atoms with Gasteiger partial charge in [0.15, 0.2) is 0 Å². The van der Waals surface area contributed by atoms with Crippen LogP contribution in [-0.2, 0) is 17.7 Å². The zero-order chi connectivity index (χ0) is 20.1. The molecular weight excluding hydrogens is 364 g/mol. The van der Waals surface area contributed by atoms with Gasteiger partial charge in [-0.05, 0) is 50.2 Å². The summed E-state index contributed by atoms with van der Waals surface area (Å²) in [6.07, 6.45) is 4.53. The van der Waals surface area contributed by atoms with Crippen molar-refractivity contribution in [2.75, 3.05) is 39.4 Å². The van der Waals surface area contributed by atoms with Gasteiger partial charge in [0.05, 0.1) is 25.3 Å². The molecule has 0 saturated carbocycles. The molecule has 5 heteroatoms. The summed E-state index contributed by atoms with van der Waals surface area (Å²) < 4.78 is 11.3. The number of hydrogen-bond acceptors (Lipinski definition) is 4. The maximum atomic E-state index is 13.0. The summed E-state index contributed by atoms with van der Waals surface area (Å²) in [6.45, 7) is 7.72. The number of ether oxygens (including phenoxy) is 1. The molecule has 0 spiro atoms. The van der Waals surface area contributed by atoms with Crippen molar-refractivity contribution < 1.29 is 13.9 Å². The summed E-state index contributed by atoms with van der Waals surface area (Å²) >= 11 is 0. The highest BCUT2D eigenvalue weighted by Gasteiger charge is 2.26. The number of nitrogens with zero attached hydrogens (tertiary/aromatic N) is 2. The van der Waals surface area contributed by atoms with Crippen molar-refractivity contribution in [2.24, 2.45) is 5.92 Å². The highest BCUT2D eigenvalue weighted by molar-refractivity contribution is 5.95. The van der Waals surface area contributed by atoms with E-state index in [1.54, 1.807) is 0 Å². The first-order chi connectivity index (χ1) is 14.2. The van der Waals surface area contributed by atoms with E-state index in [4.69, 9.17) is 9.15 Å². The number of rotatable bonds is 6. The van der Waals surface area contributed by atoms with Gasteiger partial charge in [-0.25, -0.2) is 0 Å². The fourth-order valence-electron chi connectivity index (χ4n) is 4.42. The molecule has 2 fully saturated rings. The lowest BCUT2D eigenvalue weighted by Gasteiger charge is -2.32. The van der Waals surface area contributed by atoms with E-state index in [-0.39, 0.29) is 5.91 Å². The molecule has 156 valence electrons. The minimum absolute atomic E-state index is 0.126. The molecule has 29 heavy (non-hydrogen) atoms. The number of likely N-dealkylation sites (tertiary alicyclic amines) is 1. The summed E-state index contributed by atoms with van der Waals surface area (Å²) in [5.41, 5.74) is 2.14.